The number of benzene rings is 1. The van der Waals surface area contributed by atoms with Crippen LogP contribution >= 0.6 is 11.3 Å². The monoisotopic (exact) mass is 220 g/mol. The molecular formula is C11H12N2OS. The molecule has 2 rings (SSSR count). The smallest absolute Gasteiger partial charge is 0.0954 e. The van der Waals surface area contributed by atoms with Gasteiger partial charge < -0.3 is 10.8 Å². The van der Waals surface area contributed by atoms with E-state index in [1.165, 1.54) is 0 Å². The summed E-state index contributed by atoms with van der Waals surface area (Å²) < 4.78 is 0. The van der Waals surface area contributed by atoms with Crippen LogP contribution in [0.5, 0.6) is 0 Å². The Bertz CT molecular complexity index is 428. The van der Waals surface area contributed by atoms with E-state index in [4.69, 9.17) is 5.73 Å². The average molecular weight is 220 g/mol. The number of aliphatic hydroxyl groups excluding tert-OH is 1. The van der Waals surface area contributed by atoms with E-state index in [1.807, 2.05) is 17.5 Å². The van der Waals surface area contributed by atoms with Crippen LogP contribution < -0.4 is 5.73 Å². The summed E-state index contributed by atoms with van der Waals surface area (Å²) in [6.45, 7) is 0. The quantitative estimate of drug-likeness (QED) is 0.778. The van der Waals surface area contributed by atoms with Crippen LogP contribution in [0.1, 0.15) is 16.7 Å². The molecule has 4 heteroatoms. The summed E-state index contributed by atoms with van der Waals surface area (Å²) in [4.78, 5) is 4.13. The van der Waals surface area contributed by atoms with Crippen molar-refractivity contribution in [3.63, 3.8) is 0 Å². The molecule has 3 nitrogen and oxygen atoms in total. The van der Waals surface area contributed by atoms with E-state index in [1.54, 1.807) is 29.7 Å². The summed E-state index contributed by atoms with van der Waals surface area (Å²) in [5.41, 5.74) is 7.16. The van der Waals surface area contributed by atoms with E-state index in [-0.39, 0.29) is 0 Å². The standard InChI is InChI=1S/C11H12N2OS/c12-9-3-1-2-8(6-9)10(14)7-11-13-4-5-15-11/h1-6,10,14H,7,12H2. The molecule has 1 atom stereocenters. The van der Waals surface area contributed by atoms with E-state index < -0.39 is 6.10 Å². The number of hydrogen-bond acceptors (Lipinski definition) is 4. The van der Waals surface area contributed by atoms with E-state index in [9.17, 15) is 5.11 Å². The SMILES string of the molecule is Nc1cccc(C(O)Cc2nccs2)c1. The number of thiazole rings is 1. The number of nitrogens with zero attached hydrogens (tertiary/aromatic N) is 1. The molecule has 0 spiro atoms. The van der Waals surface area contributed by atoms with Gasteiger partial charge >= 0.3 is 0 Å². The summed E-state index contributed by atoms with van der Waals surface area (Å²) in [6.07, 6.45) is 1.76. The van der Waals surface area contributed by atoms with Gasteiger partial charge in [-0.2, -0.15) is 0 Å². The van der Waals surface area contributed by atoms with Gasteiger partial charge in [0.2, 0.25) is 0 Å². The minimum Gasteiger partial charge on any atom is -0.399 e. The number of aliphatic hydroxyl groups is 1. The molecule has 0 amide bonds. The van der Waals surface area contributed by atoms with Gasteiger partial charge in [0.15, 0.2) is 0 Å². The molecular weight excluding hydrogens is 208 g/mol. The third-order valence-electron chi connectivity index (χ3n) is 2.15. The maximum atomic E-state index is 9.93. The number of rotatable bonds is 3. The third kappa shape index (κ3) is 2.55. The molecule has 0 radical (unpaired) electrons. The maximum Gasteiger partial charge on any atom is 0.0954 e. The Morgan fingerprint density at radius 1 is 1.47 bits per heavy atom. The van der Waals surface area contributed by atoms with Crippen molar-refractivity contribution in [2.24, 2.45) is 0 Å². The summed E-state index contributed by atoms with van der Waals surface area (Å²) in [5, 5.41) is 12.8. The van der Waals surface area contributed by atoms with Crippen molar-refractivity contribution in [2.45, 2.75) is 12.5 Å². The molecule has 1 unspecified atom stereocenters. The van der Waals surface area contributed by atoms with Crippen LogP contribution in [0.4, 0.5) is 5.69 Å². The molecule has 0 aliphatic carbocycles. The Balaban J connectivity index is 2.11. The van der Waals surface area contributed by atoms with Crippen LogP contribution in [0.3, 0.4) is 0 Å². The summed E-state index contributed by atoms with van der Waals surface area (Å²) in [6, 6.07) is 7.31. The molecule has 1 heterocycles. The van der Waals surface area contributed by atoms with Crippen LogP contribution in [0.15, 0.2) is 35.8 Å². The average Bonchev–Trinajstić information content (AvgIpc) is 2.70. The fraction of sp³-hybridized carbons (Fsp3) is 0.182. The van der Waals surface area contributed by atoms with Crippen LogP contribution in [-0.2, 0) is 6.42 Å². The minimum absolute atomic E-state index is 0.528. The molecule has 1 aromatic carbocycles. The zero-order valence-corrected chi connectivity index (χ0v) is 8.95. The molecule has 15 heavy (non-hydrogen) atoms. The van der Waals surface area contributed by atoms with Gasteiger partial charge in [-0.3, -0.25) is 0 Å². The first-order chi connectivity index (χ1) is 7.25. The Morgan fingerprint density at radius 2 is 2.33 bits per heavy atom. The second-order valence-corrected chi connectivity index (χ2v) is 4.30. The van der Waals surface area contributed by atoms with E-state index in [2.05, 4.69) is 4.98 Å². The highest BCUT2D eigenvalue weighted by molar-refractivity contribution is 7.09. The largest absolute Gasteiger partial charge is 0.399 e. The van der Waals surface area contributed by atoms with Crippen molar-refractivity contribution in [3.05, 3.63) is 46.4 Å². The first-order valence-electron chi connectivity index (χ1n) is 4.67. The maximum absolute atomic E-state index is 9.93. The van der Waals surface area contributed by atoms with Crippen molar-refractivity contribution < 1.29 is 5.11 Å². The number of nitrogen functional groups attached to an aromatic ring is 1. The Labute approximate surface area is 92.2 Å². The van der Waals surface area contributed by atoms with Gasteiger partial charge in [0, 0.05) is 23.7 Å². The first-order valence-corrected chi connectivity index (χ1v) is 5.55. The molecule has 0 aliphatic heterocycles. The molecule has 0 saturated heterocycles. The van der Waals surface area contributed by atoms with Gasteiger partial charge in [-0.25, -0.2) is 4.98 Å². The second-order valence-electron chi connectivity index (χ2n) is 3.32. The summed E-state index contributed by atoms with van der Waals surface area (Å²) >= 11 is 1.55. The van der Waals surface area contributed by atoms with Crippen molar-refractivity contribution in [2.75, 3.05) is 5.73 Å². The van der Waals surface area contributed by atoms with Gasteiger partial charge in [0.05, 0.1) is 11.1 Å². The lowest BCUT2D eigenvalue weighted by Gasteiger charge is -2.09. The molecule has 2 aromatic rings. The first kappa shape index (κ1) is 10.1. The molecule has 0 fully saturated rings. The molecule has 78 valence electrons. The predicted molar refractivity (Wildman–Crippen MR) is 61.6 cm³/mol. The zero-order valence-electron chi connectivity index (χ0n) is 8.13. The van der Waals surface area contributed by atoms with Crippen LogP contribution in [0.2, 0.25) is 0 Å². The van der Waals surface area contributed by atoms with Crippen LogP contribution in [-0.4, -0.2) is 10.1 Å². The van der Waals surface area contributed by atoms with E-state index >= 15 is 0 Å². The van der Waals surface area contributed by atoms with Crippen LogP contribution in [0.25, 0.3) is 0 Å². The third-order valence-corrected chi connectivity index (χ3v) is 2.95. The van der Waals surface area contributed by atoms with Crippen molar-refractivity contribution >= 4 is 17.0 Å². The highest BCUT2D eigenvalue weighted by atomic mass is 32.1. The zero-order chi connectivity index (χ0) is 10.7. The van der Waals surface area contributed by atoms with Crippen molar-refractivity contribution in [3.8, 4) is 0 Å². The number of hydrogen-bond donors (Lipinski definition) is 2. The molecule has 3 N–H and O–H groups in total. The number of nitrogens with two attached hydrogens (primary N) is 1. The lowest BCUT2D eigenvalue weighted by atomic mass is 10.1. The molecule has 0 bridgehead atoms. The van der Waals surface area contributed by atoms with E-state index in [0.29, 0.717) is 12.1 Å². The normalized spacial score (nSPS) is 12.6. The van der Waals surface area contributed by atoms with Crippen molar-refractivity contribution in [1.82, 2.24) is 4.98 Å². The van der Waals surface area contributed by atoms with Gasteiger partial charge in [-0.15, -0.1) is 11.3 Å². The molecule has 0 aliphatic rings. The minimum atomic E-state index is -0.528. The van der Waals surface area contributed by atoms with E-state index in [0.717, 1.165) is 10.6 Å². The van der Waals surface area contributed by atoms with Gasteiger partial charge in [0.1, 0.15) is 0 Å². The number of anilines is 1. The Hall–Kier alpha value is -1.39. The molecule has 1 aromatic heterocycles. The summed E-state index contributed by atoms with van der Waals surface area (Å²) in [7, 11) is 0. The Morgan fingerprint density at radius 3 is 3.00 bits per heavy atom. The lowest BCUT2D eigenvalue weighted by Crippen LogP contribution is -2.02. The van der Waals surface area contributed by atoms with Gasteiger partial charge in [-0.05, 0) is 17.7 Å². The highest BCUT2D eigenvalue weighted by Gasteiger charge is 2.09. The lowest BCUT2D eigenvalue weighted by molar-refractivity contribution is 0.178. The van der Waals surface area contributed by atoms with Gasteiger partial charge in [0.25, 0.3) is 0 Å². The predicted octanol–water partition coefficient (Wildman–Crippen LogP) is 2.00. The fourth-order valence-corrected chi connectivity index (χ4v) is 2.06. The molecule has 0 saturated carbocycles. The van der Waals surface area contributed by atoms with Crippen LogP contribution in [0, 0.1) is 0 Å². The Kier molecular flexibility index (Phi) is 2.99. The highest BCUT2D eigenvalue weighted by Crippen LogP contribution is 2.20. The second kappa shape index (κ2) is 4.42. The topological polar surface area (TPSA) is 59.1 Å². The fourth-order valence-electron chi connectivity index (χ4n) is 1.40. The van der Waals surface area contributed by atoms with Crippen molar-refractivity contribution in [1.29, 1.82) is 0 Å². The van der Waals surface area contributed by atoms with Gasteiger partial charge in [-0.1, -0.05) is 12.1 Å². The summed E-state index contributed by atoms with van der Waals surface area (Å²) in [5.74, 6) is 0. The number of aromatic nitrogens is 1.